The van der Waals surface area contributed by atoms with Crippen LogP contribution in [0.5, 0.6) is 0 Å². The zero-order valence-electron chi connectivity index (χ0n) is 7.02. The zero-order valence-corrected chi connectivity index (χ0v) is 7.84. The van der Waals surface area contributed by atoms with Gasteiger partial charge >= 0.3 is 0 Å². The average Bonchev–Trinajstić information content (AvgIpc) is 2.30. The molecule has 0 bridgehead atoms. The lowest BCUT2D eigenvalue weighted by Crippen LogP contribution is -2.22. The first-order valence-electron chi connectivity index (χ1n) is 3.73. The molecule has 1 aliphatic heterocycles. The molecule has 1 aliphatic rings. The van der Waals surface area contributed by atoms with Gasteiger partial charge in [0.1, 0.15) is 15.7 Å². The third kappa shape index (κ3) is 3.08. The van der Waals surface area contributed by atoms with Gasteiger partial charge in [0.2, 0.25) is 0 Å². The Morgan fingerprint density at radius 1 is 1.67 bits per heavy atom. The van der Waals surface area contributed by atoms with Crippen molar-refractivity contribution in [2.24, 2.45) is 10.8 Å². The molecule has 6 heteroatoms. The Balaban J connectivity index is 2.35. The fourth-order valence-electron chi connectivity index (χ4n) is 0.958. The molecule has 2 N–H and O–H groups in total. The van der Waals surface area contributed by atoms with Crippen LogP contribution in [-0.2, 0) is 9.84 Å². The van der Waals surface area contributed by atoms with Crippen LogP contribution in [-0.4, -0.2) is 44.4 Å². The Morgan fingerprint density at radius 2 is 2.33 bits per heavy atom. The molecule has 0 amide bonds. The molecule has 0 aliphatic carbocycles. The van der Waals surface area contributed by atoms with Crippen LogP contribution >= 0.6 is 0 Å². The highest BCUT2D eigenvalue weighted by Gasteiger charge is 2.13. The van der Waals surface area contributed by atoms with Crippen molar-refractivity contribution < 1.29 is 8.42 Å². The van der Waals surface area contributed by atoms with Gasteiger partial charge in [-0.25, -0.2) is 8.42 Å². The van der Waals surface area contributed by atoms with Crippen LogP contribution in [0.2, 0.25) is 0 Å². The molecule has 5 nitrogen and oxygen atoms in total. The molecular weight excluding hydrogens is 178 g/mol. The van der Waals surface area contributed by atoms with Crippen LogP contribution < -0.4 is 5.73 Å². The number of rotatable bonds is 3. The second-order valence-electron chi connectivity index (χ2n) is 2.92. The molecule has 70 valence electrons. The molecule has 0 unspecified atom stereocenters. The predicted octanol–water partition coefficient (Wildman–Crippen LogP) is -0.991. The second kappa shape index (κ2) is 3.30. The number of hydrogen-bond acceptors (Lipinski definition) is 5. The monoisotopic (exact) mass is 191 g/mol. The first kappa shape index (κ1) is 9.31. The summed E-state index contributed by atoms with van der Waals surface area (Å²) in [5.74, 6) is 0.729. The highest BCUT2D eigenvalue weighted by molar-refractivity contribution is 7.90. The third-order valence-corrected chi connectivity index (χ3v) is 2.54. The van der Waals surface area contributed by atoms with Gasteiger partial charge in [0.05, 0.1) is 12.3 Å². The van der Waals surface area contributed by atoms with E-state index in [-0.39, 0.29) is 5.75 Å². The summed E-state index contributed by atoms with van der Waals surface area (Å²) < 4.78 is 21.5. The topological polar surface area (TPSA) is 75.8 Å². The number of sulfone groups is 1. The molecule has 1 rings (SSSR count). The first-order chi connectivity index (χ1) is 5.47. The molecule has 1 heterocycles. The van der Waals surface area contributed by atoms with Gasteiger partial charge in [0.15, 0.2) is 0 Å². The Hall–Kier alpha value is -0.780. The molecule has 0 radical (unpaired) electrons. The van der Waals surface area contributed by atoms with Gasteiger partial charge in [-0.15, -0.1) is 0 Å². The quantitative estimate of drug-likeness (QED) is 0.621. The maximum Gasteiger partial charge on any atom is 0.149 e. The van der Waals surface area contributed by atoms with E-state index in [1.807, 2.05) is 0 Å². The van der Waals surface area contributed by atoms with Gasteiger partial charge in [-0.2, -0.15) is 5.10 Å². The zero-order chi connectivity index (χ0) is 9.19. The number of nitrogens with two attached hydrogens (primary N) is 1. The molecule has 0 saturated carbocycles. The van der Waals surface area contributed by atoms with E-state index in [2.05, 4.69) is 5.10 Å². The standard InChI is InChI=1S/C6H13N3O2S/c1-12(10,11)5-4-9-3-2-6(7)8-9/h2-5H2,1H3,(H2,7,8). The van der Waals surface area contributed by atoms with E-state index < -0.39 is 9.84 Å². The van der Waals surface area contributed by atoms with Crippen molar-refractivity contribution in [1.29, 1.82) is 0 Å². The minimum absolute atomic E-state index is 0.143. The lowest BCUT2D eigenvalue weighted by molar-refractivity contribution is 0.337. The summed E-state index contributed by atoms with van der Waals surface area (Å²) in [4.78, 5) is 0. The number of nitrogens with zero attached hydrogens (tertiary/aromatic N) is 2. The summed E-state index contributed by atoms with van der Waals surface area (Å²) in [6, 6.07) is 0. The van der Waals surface area contributed by atoms with Crippen LogP contribution in [0.3, 0.4) is 0 Å². The maximum absolute atomic E-state index is 10.8. The normalized spacial score (nSPS) is 18.1. The van der Waals surface area contributed by atoms with Gasteiger partial charge in [-0.3, -0.25) is 5.01 Å². The summed E-state index contributed by atoms with van der Waals surface area (Å²) in [6.45, 7) is 1.18. The SMILES string of the molecule is CS(=O)(=O)CCN1CCC(N)=N1. The fourth-order valence-corrected chi connectivity index (χ4v) is 1.50. The van der Waals surface area contributed by atoms with Gasteiger partial charge in [0.25, 0.3) is 0 Å². The Labute approximate surface area is 72.1 Å². The van der Waals surface area contributed by atoms with Crippen molar-refractivity contribution in [3.63, 3.8) is 0 Å². The summed E-state index contributed by atoms with van der Waals surface area (Å²) >= 11 is 0. The first-order valence-corrected chi connectivity index (χ1v) is 5.79. The van der Waals surface area contributed by atoms with Crippen molar-refractivity contribution in [1.82, 2.24) is 5.01 Å². The number of hydrazone groups is 1. The molecule has 0 aromatic heterocycles. The molecule has 0 saturated heterocycles. The molecule has 0 spiro atoms. The van der Waals surface area contributed by atoms with Crippen molar-refractivity contribution in [3.05, 3.63) is 0 Å². The van der Waals surface area contributed by atoms with Crippen LogP contribution in [0.15, 0.2) is 5.10 Å². The summed E-state index contributed by atoms with van der Waals surface area (Å²) in [7, 11) is -2.88. The Bertz CT molecular complexity index is 283. The Morgan fingerprint density at radius 3 is 2.75 bits per heavy atom. The lowest BCUT2D eigenvalue weighted by atomic mass is 10.4. The summed E-state index contributed by atoms with van der Waals surface area (Å²) in [5.41, 5.74) is 5.42. The van der Waals surface area contributed by atoms with Gasteiger partial charge in [-0.1, -0.05) is 0 Å². The van der Waals surface area contributed by atoms with Gasteiger partial charge in [-0.05, 0) is 0 Å². The predicted molar refractivity (Wildman–Crippen MR) is 47.5 cm³/mol. The van der Waals surface area contributed by atoms with Crippen LogP contribution in [0, 0.1) is 0 Å². The highest BCUT2D eigenvalue weighted by Crippen LogP contribution is 2.02. The van der Waals surface area contributed by atoms with E-state index in [9.17, 15) is 8.42 Å². The van der Waals surface area contributed by atoms with Crippen molar-refractivity contribution in [2.75, 3.05) is 25.1 Å². The van der Waals surface area contributed by atoms with E-state index in [1.165, 1.54) is 6.26 Å². The van der Waals surface area contributed by atoms with Gasteiger partial charge < -0.3 is 5.73 Å². The highest BCUT2D eigenvalue weighted by atomic mass is 32.2. The molecule has 12 heavy (non-hydrogen) atoms. The van der Waals surface area contributed by atoms with Crippen molar-refractivity contribution in [3.8, 4) is 0 Å². The Kier molecular flexibility index (Phi) is 2.56. The molecule has 0 aromatic carbocycles. The third-order valence-electron chi connectivity index (χ3n) is 1.62. The van der Waals surface area contributed by atoms with Crippen LogP contribution in [0.1, 0.15) is 6.42 Å². The largest absolute Gasteiger partial charge is 0.386 e. The molecule has 0 aromatic rings. The molecule has 0 fully saturated rings. The smallest absolute Gasteiger partial charge is 0.149 e. The van der Waals surface area contributed by atoms with E-state index in [0.717, 1.165) is 13.0 Å². The van der Waals surface area contributed by atoms with E-state index in [0.29, 0.717) is 12.4 Å². The number of amidine groups is 1. The van der Waals surface area contributed by atoms with Crippen molar-refractivity contribution in [2.45, 2.75) is 6.42 Å². The summed E-state index contributed by atoms with van der Waals surface area (Å²) in [5, 5.41) is 5.65. The minimum Gasteiger partial charge on any atom is -0.386 e. The van der Waals surface area contributed by atoms with Crippen molar-refractivity contribution >= 4 is 15.7 Å². The van der Waals surface area contributed by atoms with E-state index >= 15 is 0 Å². The fraction of sp³-hybridized carbons (Fsp3) is 0.833. The van der Waals surface area contributed by atoms with Crippen LogP contribution in [0.4, 0.5) is 0 Å². The van der Waals surface area contributed by atoms with Gasteiger partial charge in [0, 0.05) is 19.2 Å². The minimum atomic E-state index is -2.88. The average molecular weight is 191 g/mol. The maximum atomic E-state index is 10.8. The molecular formula is C6H13N3O2S. The number of hydrogen-bond donors (Lipinski definition) is 1. The van der Waals surface area contributed by atoms with E-state index in [4.69, 9.17) is 5.73 Å². The molecule has 0 atom stereocenters. The lowest BCUT2D eigenvalue weighted by Gasteiger charge is -2.11. The van der Waals surface area contributed by atoms with Crippen LogP contribution in [0.25, 0.3) is 0 Å². The van der Waals surface area contributed by atoms with E-state index in [1.54, 1.807) is 5.01 Å². The summed E-state index contributed by atoms with van der Waals surface area (Å²) in [6.07, 6.45) is 1.96. The second-order valence-corrected chi connectivity index (χ2v) is 5.18.